The van der Waals surface area contributed by atoms with E-state index in [4.69, 9.17) is 39.1 Å². The van der Waals surface area contributed by atoms with Gasteiger partial charge in [0.25, 0.3) is 11.7 Å². The number of oxazole rings is 1. The molecule has 0 radical (unpaired) electrons. The molecule has 3 aliphatic heterocycles. The summed E-state index contributed by atoms with van der Waals surface area (Å²) >= 11 is 0. The van der Waals surface area contributed by atoms with Crippen molar-refractivity contribution in [3.63, 3.8) is 0 Å². The second-order valence-electron chi connectivity index (χ2n) is 7.00. The second kappa shape index (κ2) is 4.68. The number of aromatic nitrogens is 1. The van der Waals surface area contributed by atoms with E-state index in [-0.39, 0.29) is 17.5 Å². The first-order chi connectivity index (χ1) is 11.2. The molecule has 3 fully saturated rings. The van der Waals surface area contributed by atoms with Crippen LogP contribution in [0.3, 0.4) is 0 Å². The molecule has 0 bridgehead atoms. The molecule has 0 spiro atoms. The van der Waals surface area contributed by atoms with Crippen molar-refractivity contribution < 1.29 is 28.1 Å². The lowest BCUT2D eigenvalue weighted by Crippen LogP contribution is -2.51. The first kappa shape index (κ1) is 15.8. The van der Waals surface area contributed by atoms with Gasteiger partial charge in [0.1, 0.15) is 18.3 Å². The lowest BCUT2D eigenvalue weighted by Gasteiger charge is -2.38. The minimum absolute atomic E-state index is 0.0256. The highest BCUT2D eigenvalue weighted by Crippen LogP contribution is 2.54. The summed E-state index contributed by atoms with van der Waals surface area (Å²) < 4.78 is 35.2. The molecule has 9 nitrogen and oxygen atoms in total. The Morgan fingerprint density at radius 3 is 2.58 bits per heavy atom. The van der Waals surface area contributed by atoms with Crippen molar-refractivity contribution in [3.8, 4) is 6.07 Å². The summed E-state index contributed by atoms with van der Waals surface area (Å²) in [5.41, 5.74) is 5.67. The number of fused-ring (bicyclic) bond motifs is 3. The number of rotatable bonds is 1. The topological polar surface area (TPSA) is 122 Å². The Bertz CT molecular complexity index is 723. The second-order valence-corrected chi connectivity index (χ2v) is 7.00. The molecule has 3 aliphatic rings. The van der Waals surface area contributed by atoms with E-state index in [9.17, 15) is 0 Å². The third kappa shape index (κ3) is 2.15. The molecule has 2 N–H and O–H groups in total. The van der Waals surface area contributed by atoms with Gasteiger partial charge >= 0.3 is 0 Å². The van der Waals surface area contributed by atoms with E-state index >= 15 is 0 Å². The maximum absolute atomic E-state index is 9.08. The average molecular weight is 337 g/mol. The van der Waals surface area contributed by atoms with Crippen LogP contribution in [0.2, 0.25) is 0 Å². The van der Waals surface area contributed by atoms with Crippen LogP contribution in [0.5, 0.6) is 0 Å². The van der Waals surface area contributed by atoms with Gasteiger partial charge in [-0.05, 0) is 27.7 Å². The number of hydrogen-bond donors (Lipinski definition) is 1. The summed E-state index contributed by atoms with van der Waals surface area (Å²) in [6, 6.07) is 1.87. The first-order valence-corrected chi connectivity index (χ1v) is 7.70. The van der Waals surface area contributed by atoms with E-state index in [1.54, 1.807) is 13.8 Å². The molecular formula is C15H19N3O6. The van der Waals surface area contributed by atoms with Gasteiger partial charge in [-0.15, -0.1) is 0 Å². The third-order valence-electron chi connectivity index (χ3n) is 4.25. The van der Waals surface area contributed by atoms with E-state index in [2.05, 4.69) is 4.98 Å². The maximum atomic E-state index is 9.08. The number of nitrogen functional groups attached to an aromatic ring is 1. The zero-order valence-corrected chi connectivity index (χ0v) is 13.9. The quantitative estimate of drug-likeness (QED) is 0.799. The maximum Gasteiger partial charge on any atom is 0.280 e. The number of nitrogens with two attached hydrogens (primary N) is 1. The number of nitrogens with zero attached hydrogens (tertiary/aromatic N) is 2. The number of nitriles is 1. The van der Waals surface area contributed by atoms with E-state index < -0.39 is 35.7 Å². The Hall–Kier alpha value is -1.70. The molecule has 4 unspecified atom stereocenters. The lowest BCUT2D eigenvalue weighted by molar-refractivity contribution is -0.331. The van der Waals surface area contributed by atoms with Crippen LogP contribution in [0.25, 0.3) is 0 Å². The summed E-state index contributed by atoms with van der Waals surface area (Å²) in [7, 11) is 0. The van der Waals surface area contributed by atoms with Crippen molar-refractivity contribution in [2.75, 3.05) is 12.3 Å². The van der Waals surface area contributed by atoms with Gasteiger partial charge in [0, 0.05) is 0 Å². The predicted molar refractivity (Wildman–Crippen MR) is 77.1 cm³/mol. The smallest absolute Gasteiger partial charge is 0.280 e. The molecule has 0 saturated carbocycles. The molecule has 0 aromatic carbocycles. The molecule has 1 aromatic heterocycles. The van der Waals surface area contributed by atoms with Gasteiger partial charge in [-0.2, -0.15) is 10.2 Å². The van der Waals surface area contributed by atoms with Gasteiger partial charge < -0.3 is 33.8 Å². The van der Waals surface area contributed by atoms with Crippen LogP contribution in [0.15, 0.2) is 4.42 Å². The molecule has 9 heteroatoms. The Labute approximate surface area is 138 Å². The van der Waals surface area contributed by atoms with Crippen LogP contribution < -0.4 is 5.73 Å². The van der Waals surface area contributed by atoms with Crippen LogP contribution in [0, 0.1) is 11.3 Å². The molecule has 130 valence electrons. The molecule has 0 aliphatic carbocycles. The lowest BCUT2D eigenvalue weighted by atomic mass is 10.0. The fraction of sp³-hybridized carbons (Fsp3) is 0.733. The van der Waals surface area contributed by atoms with E-state index in [0.29, 0.717) is 6.61 Å². The molecule has 0 amide bonds. The van der Waals surface area contributed by atoms with Gasteiger partial charge in [0.15, 0.2) is 17.7 Å². The Morgan fingerprint density at radius 2 is 1.92 bits per heavy atom. The standard InChI is InChI=1S/C15H19N3O6/c1-13(2)19-6-8-9(22-13)10-15(21-8,24-14(3,4)23-10)12-18-7(5-16)11(17)20-12/h8-10H,6,17H2,1-4H3. The number of hydrogen-bond acceptors (Lipinski definition) is 9. The normalized spacial score (nSPS) is 39.2. The third-order valence-corrected chi connectivity index (χ3v) is 4.25. The van der Waals surface area contributed by atoms with Crippen LogP contribution in [-0.2, 0) is 29.5 Å². The molecule has 24 heavy (non-hydrogen) atoms. The number of ether oxygens (including phenoxy) is 5. The minimum atomic E-state index is -1.44. The van der Waals surface area contributed by atoms with Gasteiger partial charge in [0.05, 0.1) is 6.61 Å². The van der Waals surface area contributed by atoms with E-state index in [1.807, 2.05) is 19.9 Å². The molecule has 3 saturated heterocycles. The largest absolute Gasteiger partial charge is 0.418 e. The minimum Gasteiger partial charge on any atom is -0.418 e. The Kier molecular flexibility index (Phi) is 3.08. The highest BCUT2D eigenvalue weighted by molar-refractivity contribution is 5.41. The van der Waals surface area contributed by atoms with Crippen LogP contribution in [-0.4, -0.2) is 41.5 Å². The Morgan fingerprint density at radius 1 is 1.17 bits per heavy atom. The SMILES string of the molecule is CC1(C)OCC2OC3(c4nc(C#N)c(N)o4)OC(C)(C)OC3C2O1. The summed E-state index contributed by atoms with van der Waals surface area (Å²) in [5.74, 6) is -3.21. The highest BCUT2D eigenvalue weighted by atomic mass is 16.9. The summed E-state index contributed by atoms with van der Waals surface area (Å²) in [4.78, 5) is 4.12. The van der Waals surface area contributed by atoms with Crippen molar-refractivity contribution in [1.29, 1.82) is 5.26 Å². The molecule has 1 aromatic rings. The predicted octanol–water partition coefficient (Wildman–Crippen LogP) is 0.983. The summed E-state index contributed by atoms with van der Waals surface area (Å²) in [5, 5.41) is 9.08. The van der Waals surface area contributed by atoms with Crippen molar-refractivity contribution in [2.45, 2.75) is 63.4 Å². The fourth-order valence-corrected chi connectivity index (χ4v) is 3.38. The van der Waals surface area contributed by atoms with Crippen molar-refractivity contribution in [2.24, 2.45) is 0 Å². The molecular weight excluding hydrogens is 318 g/mol. The van der Waals surface area contributed by atoms with Crippen molar-refractivity contribution in [1.82, 2.24) is 4.98 Å². The molecule has 4 atom stereocenters. The summed E-state index contributed by atoms with van der Waals surface area (Å²) in [6.07, 6.45) is -1.49. The highest BCUT2D eigenvalue weighted by Gasteiger charge is 2.70. The Balaban J connectivity index is 1.78. The van der Waals surface area contributed by atoms with Gasteiger partial charge in [-0.25, -0.2) is 0 Å². The summed E-state index contributed by atoms with van der Waals surface area (Å²) in [6.45, 7) is 7.47. The van der Waals surface area contributed by atoms with Crippen LogP contribution in [0.1, 0.15) is 39.3 Å². The average Bonchev–Trinajstić information content (AvgIpc) is 3.06. The molecule has 4 heterocycles. The molecule has 4 rings (SSSR count). The van der Waals surface area contributed by atoms with Crippen molar-refractivity contribution >= 4 is 5.88 Å². The van der Waals surface area contributed by atoms with Crippen molar-refractivity contribution in [3.05, 3.63) is 11.6 Å². The zero-order chi connectivity index (χ0) is 17.3. The van der Waals surface area contributed by atoms with Gasteiger partial charge in [-0.1, -0.05) is 0 Å². The monoisotopic (exact) mass is 337 g/mol. The van der Waals surface area contributed by atoms with Crippen LogP contribution >= 0.6 is 0 Å². The zero-order valence-electron chi connectivity index (χ0n) is 13.9. The van der Waals surface area contributed by atoms with Gasteiger partial charge in [0.2, 0.25) is 11.6 Å². The fourth-order valence-electron chi connectivity index (χ4n) is 3.38. The van der Waals surface area contributed by atoms with E-state index in [0.717, 1.165) is 0 Å². The number of anilines is 1. The first-order valence-electron chi connectivity index (χ1n) is 7.70. The van der Waals surface area contributed by atoms with Gasteiger partial charge in [-0.3, -0.25) is 0 Å². The van der Waals surface area contributed by atoms with E-state index in [1.165, 1.54) is 0 Å². The van der Waals surface area contributed by atoms with Crippen LogP contribution in [0.4, 0.5) is 5.88 Å².